The highest BCUT2D eigenvalue weighted by molar-refractivity contribution is 6.23. The first-order valence-corrected chi connectivity index (χ1v) is 7.07. The van der Waals surface area contributed by atoms with E-state index in [9.17, 15) is 19.2 Å². The van der Waals surface area contributed by atoms with E-state index in [1.807, 2.05) is 0 Å². The number of ether oxygens (including phenoxy) is 1. The van der Waals surface area contributed by atoms with E-state index in [0.717, 1.165) is 4.90 Å². The first kappa shape index (κ1) is 15.9. The summed E-state index contributed by atoms with van der Waals surface area (Å²) in [7, 11) is 0. The number of nitrogens with zero attached hydrogens (tertiary/aromatic N) is 1. The van der Waals surface area contributed by atoms with Crippen LogP contribution in [0.15, 0.2) is 24.3 Å². The Morgan fingerprint density at radius 1 is 1.09 bits per heavy atom. The van der Waals surface area contributed by atoms with Gasteiger partial charge in [0.1, 0.15) is 5.92 Å². The summed E-state index contributed by atoms with van der Waals surface area (Å²) in [4.78, 5) is 49.5. The number of rotatable bonds is 5. The molecule has 0 fully saturated rings. The van der Waals surface area contributed by atoms with E-state index in [1.165, 1.54) is 13.8 Å². The summed E-state index contributed by atoms with van der Waals surface area (Å²) in [5.41, 5.74) is 0.548. The zero-order valence-electron chi connectivity index (χ0n) is 12.7. The van der Waals surface area contributed by atoms with Crippen molar-refractivity contribution in [3.63, 3.8) is 0 Å². The van der Waals surface area contributed by atoms with Gasteiger partial charge in [0.15, 0.2) is 5.78 Å². The minimum absolute atomic E-state index is 0.165. The summed E-state index contributed by atoms with van der Waals surface area (Å²) >= 11 is 0. The fourth-order valence-corrected chi connectivity index (χ4v) is 2.43. The zero-order valence-corrected chi connectivity index (χ0v) is 12.7. The highest BCUT2D eigenvalue weighted by Gasteiger charge is 2.42. The maximum absolute atomic E-state index is 12.3. The number of hydrogen-bond acceptors (Lipinski definition) is 5. The van der Waals surface area contributed by atoms with Gasteiger partial charge in [0.2, 0.25) is 0 Å². The largest absolute Gasteiger partial charge is 0.465 e. The van der Waals surface area contributed by atoms with Crippen molar-refractivity contribution in [3.05, 3.63) is 35.4 Å². The standard InChI is InChI=1S/C16H17NO5/c1-4-22-16(21)9(2)13(18)10(3)17-14(19)11-7-5-6-8-12(11)15(17)20/h5-10H,4H2,1-3H3/t9-,10-/m1/s1. The highest BCUT2D eigenvalue weighted by atomic mass is 16.5. The Labute approximate surface area is 128 Å². The van der Waals surface area contributed by atoms with Crippen LogP contribution in [0.25, 0.3) is 0 Å². The topological polar surface area (TPSA) is 80.8 Å². The maximum atomic E-state index is 12.3. The van der Waals surface area contributed by atoms with E-state index < -0.39 is 35.5 Å². The Hall–Kier alpha value is -2.50. The second-order valence-corrected chi connectivity index (χ2v) is 5.08. The maximum Gasteiger partial charge on any atom is 0.316 e. The molecule has 0 saturated heterocycles. The van der Waals surface area contributed by atoms with Gasteiger partial charge in [-0.25, -0.2) is 0 Å². The molecule has 1 aliphatic rings. The van der Waals surface area contributed by atoms with Crippen LogP contribution in [-0.4, -0.2) is 41.1 Å². The Bertz CT molecular complexity index is 617. The molecule has 1 aliphatic heterocycles. The van der Waals surface area contributed by atoms with Gasteiger partial charge in [0.25, 0.3) is 11.8 Å². The number of benzene rings is 1. The number of fused-ring (bicyclic) bond motifs is 1. The molecular formula is C16H17NO5. The van der Waals surface area contributed by atoms with Gasteiger partial charge in [-0.05, 0) is 32.9 Å². The van der Waals surface area contributed by atoms with Crippen LogP contribution in [-0.2, 0) is 14.3 Å². The third kappa shape index (κ3) is 2.52. The zero-order chi connectivity index (χ0) is 16.4. The van der Waals surface area contributed by atoms with Gasteiger partial charge in [0.05, 0.1) is 23.8 Å². The van der Waals surface area contributed by atoms with Crippen LogP contribution < -0.4 is 0 Å². The molecule has 1 aromatic carbocycles. The SMILES string of the molecule is CCOC(=O)[C@H](C)C(=O)[C@@H](C)N1C(=O)c2ccccc2C1=O. The average Bonchev–Trinajstić information content (AvgIpc) is 2.77. The lowest BCUT2D eigenvalue weighted by Crippen LogP contribution is -2.46. The van der Waals surface area contributed by atoms with Gasteiger partial charge >= 0.3 is 5.97 Å². The lowest BCUT2D eigenvalue weighted by atomic mass is 10.00. The summed E-state index contributed by atoms with van der Waals surface area (Å²) in [6, 6.07) is 5.37. The van der Waals surface area contributed by atoms with E-state index in [0.29, 0.717) is 0 Å². The number of Topliss-reactive ketones (excluding diaryl/α,β-unsaturated/α-hetero) is 1. The van der Waals surface area contributed by atoms with Gasteiger partial charge in [0, 0.05) is 0 Å². The second kappa shape index (κ2) is 6.09. The second-order valence-electron chi connectivity index (χ2n) is 5.08. The van der Waals surface area contributed by atoms with Crippen molar-refractivity contribution in [3.8, 4) is 0 Å². The minimum Gasteiger partial charge on any atom is -0.465 e. The van der Waals surface area contributed by atoms with E-state index in [1.54, 1.807) is 31.2 Å². The van der Waals surface area contributed by atoms with E-state index in [4.69, 9.17) is 4.74 Å². The molecule has 0 unspecified atom stereocenters. The van der Waals surface area contributed by atoms with Crippen molar-refractivity contribution in [2.75, 3.05) is 6.61 Å². The van der Waals surface area contributed by atoms with Crippen molar-refractivity contribution in [1.82, 2.24) is 4.90 Å². The number of ketones is 1. The smallest absolute Gasteiger partial charge is 0.316 e. The summed E-state index contributed by atoms with van der Waals surface area (Å²) in [5, 5.41) is 0. The molecule has 22 heavy (non-hydrogen) atoms. The van der Waals surface area contributed by atoms with Gasteiger partial charge in [-0.2, -0.15) is 0 Å². The molecule has 6 heteroatoms. The van der Waals surface area contributed by atoms with Gasteiger partial charge in [-0.15, -0.1) is 0 Å². The lowest BCUT2D eigenvalue weighted by Gasteiger charge is -2.23. The third-order valence-corrected chi connectivity index (χ3v) is 3.69. The lowest BCUT2D eigenvalue weighted by molar-refractivity contribution is -0.151. The Morgan fingerprint density at radius 2 is 1.59 bits per heavy atom. The number of imide groups is 1. The molecule has 0 radical (unpaired) electrons. The van der Waals surface area contributed by atoms with Crippen LogP contribution in [0.2, 0.25) is 0 Å². The molecule has 0 aromatic heterocycles. The highest BCUT2D eigenvalue weighted by Crippen LogP contribution is 2.25. The molecule has 0 N–H and O–H groups in total. The molecule has 0 spiro atoms. The Balaban J connectivity index is 2.23. The van der Waals surface area contributed by atoms with Crippen LogP contribution in [0.3, 0.4) is 0 Å². The summed E-state index contributed by atoms with van der Waals surface area (Å²) in [6.45, 7) is 4.66. The van der Waals surface area contributed by atoms with Crippen molar-refractivity contribution in [2.24, 2.45) is 5.92 Å². The Kier molecular flexibility index (Phi) is 4.40. The molecule has 0 aliphatic carbocycles. The first-order chi connectivity index (χ1) is 10.4. The molecule has 2 atom stereocenters. The molecule has 6 nitrogen and oxygen atoms in total. The summed E-state index contributed by atoms with van der Waals surface area (Å²) in [6.07, 6.45) is 0. The molecule has 1 heterocycles. The predicted molar refractivity (Wildman–Crippen MR) is 77.2 cm³/mol. The molecule has 2 rings (SSSR count). The average molecular weight is 303 g/mol. The van der Waals surface area contributed by atoms with Gasteiger partial charge in [-0.1, -0.05) is 12.1 Å². The van der Waals surface area contributed by atoms with Crippen LogP contribution in [0.4, 0.5) is 0 Å². The fourth-order valence-electron chi connectivity index (χ4n) is 2.43. The van der Waals surface area contributed by atoms with Gasteiger partial charge in [-0.3, -0.25) is 24.1 Å². The predicted octanol–water partition coefficient (Wildman–Crippen LogP) is 1.44. The molecule has 0 bridgehead atoms. The van der Waals surface area contributed by atoms with Crippen molar-refractivity contribution >= 4 is 23.6 Å². The minimum atomic E-state index is -1.03. The molecule has 116 valence electrons. The molecular weight excluding hydrogens is 286 g/mol. The number of hydrogen-bond donors (Lipinski definition) is 0. The van der Waals surface area contributed by atoms with Crippen molar-refractivity contribution in [2.45, 2.75) is 26.8 Å². The van der Waals surface area contributed by atoms with Gasteiger partial charge < -0.3 is 4.74 Å². The Morgan fingerprint density at radius 3 is 2.05 bits per heavy atom. The molecule has 2 amide bonds. The number of carbonyl (C=O) groups is 4. The van der Waals surface area contributed by atoms with Crippen LogP contribution in [0.1, 0.15) is 41.5 Å². The first-order valence-electron chi connectivity index (χ1n) is 7.07. The van der Waals surface area contributed by atoms with E-state index >= 15 is 0 Å². The van der Waals surface area contributed by atoms with Crippen molar-refractivity contribution < 1.29 is 23.9 Å². The number of esters is 1. The summed E-state index contributed by atoms with van der Waals surface area (Å²) in [5.74, 6) is -3.24. The van der Waals surface area contributed by atoms with Crippen molar-refractivity contribution in [1.29, 1.82) is 0 Å². The number of carbonyl (C=O) groups excluding carboxylic acids is 4. The fraction of sp³-hybridized carbons (Fsp3) is 0.375. The molecule has 0 saturated carbocycles. The number of amides is 2. The normalized spacial score (nSPS) is 16.2. The van der Waals surface area contributed by atoms with Crippen LogP contribution >= 0.6 is 0 Å². The molecule has 1 aromatic rings. The summed E-state index contributed by atoms with van der Waals surface area (Å²) < 4.78 is 4.80. The monoisotopic (exact) mass is 303 g/mol. The van der Waals surface area contributed by atoms with Crippen LogP contribution in [0.5, 0.6) is 0 Å². The quantitative estimate of drug-likeness (QED) is 0.467. The third-order valence-electron chi connectivity index (χ3n) is 3.69. The van der Waals surface area contributed by atoms with E-state index in [2.05, 4.69) is 0 Å². The van der Waals surface area contributed by atoms with Crippen LogP contribution in [0, 0.1) is 5.92 Å². The van der Waals surface area contributed by atoms with E-state index in [-0.39, 0.29) is 17.7 Å².